The van der Waals surface area contributed by atoms with Crippen LogP contribution in [0.25, 0.3) is 0 Å². The van der Waals surface area contributed by atoms with Crippen LogP contribution in [0.3, 0.4) is 0 Å². The van der Waals surface area contributed by atoms with Crippen molar-refractivity contribution in [2.24, 2.45) is 0 Å². The summed E-state index contributed by atoms with van der Waals surface area (Å²) in [5.41, 5.74) is 2.50. The van der Waals surface area contributed by atoms with Gasteiger partial charge >= 0.3 is 0 Å². The summed E-state index contributed by atoms with van der Waals surface area (Å²) in [6.45, 7) is 4.47. The van der Waals surface area contributed by atoms with Crippen LogP contribution in [0, 0.1) is 6.92 Å². The molecule has 0 heterocycles. The van der Waals surface area contributed by atoms with Crippen LogP contribution in [0.1, 0.15) is 17.5 Å². The molecule has 0 bridgehead atoms. The van der Waals surface area contributed by atoms with Crippen molar-refractivity contribution in [3.05, 3.63) is 72.6 Å². The first kappa shape index (κ1) is 11.7. The lowest BCUT2D eigenvalue weighted by Crippen LogP contribution is -1.95. The molecule has 0 N–H and O–H groups in total. The summed E-state index contributed by atoms with van der Waals surface area (Å²) >= 11 is 0. The average molecular weight is 225 g/mol. The van der Waals surface area contributed by atoms with Gasteiger partial charge in [-0.1, -0.05) is 49.4 Å². The van der Waals surface area contributed by atoms with Crippen LogP contribution in [0.5, 0.6) is 5.75 Å². The van der Waals surface area contributed by atoms with Gasteiger partial charge in [-0.25, -0.2) is 0 Å². The van der Waals surface area contributed by atoms with Crippen molar-refractivity contribution in [1.29, 1.82) is 0 Å². The topological polar surface area (TPSA) is 9.23 Å². The van der Waals surface area contributed by atoms with E-state index in [1.54, 1.807) is 0 Å². The average Bonchev–Trinajstić information content (AvgIpc) is 2.40. The summed E-state index contributed by atoms with van der Waals surface area (Å²) in [6.07, 6.45) is 1.96. The molecule has 2 rings (SSSR count). The summed E-state index contributed by atoms with van der Waals surface area (Å²) in [5, 5.41) is 0. The van der Waals surface area contributed by atoms with Gasteiger partial charge in [0.05, 0.1) is 0 Å². The largest absolute Gasteiger partial charge is 0.489 e. The van der Waals surface area contributed by atoms with Gasteiger partial charge < -0.3 is 4.74 Å². The Morgan fingerprint density at radius 3 is 2.18 bits per heavy atom. The molecule has 0 atom stereocenters. The molecule has 0 amide bonds. The fourth-order valence-electron chi connectivity index (χ4n) is 1.70. The summed E-state index contributed by atoms with van der Waals surface area (Å²) in [7, 11) is 0. The zero-order chi connectivity index (χ0) is 11.9. The van der Waals surface area contributed by atoms with Gasteiger partial charge in [0.25, 0.3) is 0 Å². The smallest absolute Gasteiger partial charge is 0.119 e. The summed E-state index contributed by atoms with van der Waals surface area (Å²) in [4.78, 5) is 0. The molecule has 0 fully saturated rings. The molecule has 0 aliphatic rings. The van der Waals surface area contributed by atoms with E-state index in [0.29, 0.717) is 6.61 Å². The SMILES string of the molecule is [CH2]CCc1ccc(OCc2ccccc2)cc1. The quantitative estimate of drug-likeness (QED) is 0.746. The molecule has 0 aliphatic carbocycles. The number of hydrogen-bond donors (Lipinski definition) is 0. The van der Waals surface area contributed by atoms with Crippen LogP contribution in [0.2, 0.25) is 0 Å². The summed E-state index contributed by atoms with van der Waals surface area (Å²) in [5.74, 6) is 0.918. The van der Waals surface area contributed by atoms with Gasteiger partial charge in [-0.2, -0.15) is 0 Å². The Bertz CT molecular complexity index is 431. The van der Waals surface area contributed by atoms with Crippen molar-refractivity contribution < 1.29 is 4.74 Å². The van der Waals surface area contributed by atoms with E-state index in [2.05, 4.69) is 31.2 Å². The Morgan fingerprint density at radius 2 is 1.53 bits per heavy atom. The minimum absolute atomic E-state index is 0.621. The maximum Gasteiger partial charge on any atom is 0.119 e. The zero-order valence-electron chi connectivity index (χ0n) is 9.93. The Balaban J connectivity index is 1.91. The van der Waals surface area contributed by atoms with Gasteiger partial charge in [0.2, 0.25) is 0 Å². The number of benzene rings is 2. The number of aryl methyl sites for hydroxylation is 1. The lowest BCUT2D eigenvalue weighted by molar-refractivity contribution is 0.306. The van der Waals surface area contributed by atoms with E-state index in [-0.39, 0.29) is 0 Å². The molecule has 1 radical (unpaired) electrons. The Morgan fingerprint density at radius 1 is 0.824 bits per heavy atom. The van der Waals surface area contributed by atoms with Crippen molar-refractivity contribution in [1.82, 2.24) is 0 Å². The fraction of sp³-hybridized carbons (Fsp3) is 0.188. The highest BCUT2D eigenvalue weighted by Crippen LogP contribution is 2.15. The van der Waals surface area contributed by atoms with E-state index in [0.717, 1.165) is 18.6 Å². The van der Waals surface area contributed by atoms with Crippen LogP contribution in [0.4, 0.5) is 0 Å². The van der Waals surface area contributed by atoms with Crippen LogP contribution in [-0.2, 0) is 13.0 Å². The standard InChI is InChI=1S/C16H17O/c1-2-6-14-9-11-16(12-10-14)17-13-15-7-4-3-5-8-15/h3-5,7-12H,1-2,6,13H2. The second-order valence-corrected chi connectivity index (χ2v) is 4.02. The first-order chi connectivity index (χ1) is 8.38. The van der Waals surface area contributed by atoms with Crippen molar-refractivity contribution in [3.8, 4) is 5.75 Å². The molecule has 2 aromatic rings. The van der Waals surface area contributed by atoms with E-state index in [4.69, 9.17) is 4.74 Å². The third kappa shape index (κ3) is 3.63. The fourth-order valence-corrected chi connectivity index (χ4v) is 1.70. The van der Waals surface area contributed by atoms with Gasteiger partial charge in [0.15, 0.2) is 0 Å². The maximum atomic E-state index is 5.71. The first-order valence-electron chi connectivity index (χ1n) is 5.93. The molecule has 0 spiro atoms. The van der Waals surface area contributed by atoms with Gasteiger partial charge in [0, 0.05) is 0 Å². The van der Waals surface area contributed by atoms with Crippen molar-refractivity contribution >= 4 is 0 Å². The lowest BCUT2D eigenvalue weighted by Gasteiger charge is -2.07. The van der Waals surface area contributed by atoms with E-state index in [9.17, 15) is 0 Å². The predicted molar refractivity (Wildman–Crippen MR) is 70.9 cm³/mol. The highest BCUT2D eigenvalue weighted by Gasteiger charge is 1.96. The minimum Gasteiger partial charge on any atom is -0.489 e. The van der Waals surface area contributed by atoms with Crippen molar-refractivity contribution in [3.63, 3.8) is 0 Å². The van der Waals surface area contributed by atoms with E-state index in [1.165, 1.54) is 11.1 Å². The Labute approximate surface area is 103 Å². The summed E-state index contributed by atoms with van der Waals surface area (Å²) < 4.78 is 5.71. The number of hydrogen-bond acceptors (Lipinski definition) is 1. The maximum absolute atomic E-state index is 5.71. The Kier molecular flexibility index (Phi) is 4.20. The molecule has 0 aliphatic heterocycles. The van der Waals surface area contributed by atoms with Crippen molar-refractivity contribution in [2.75, 3.05) is 0 Å². The van der Waals surface area contributed by atoms with Gasteiger partial charge in [-0.05, 0) is 36.1 Å². The summed E-state index contributed by atoms with van der Waals surface area (Å²) in [6, 6.07) is 18.4. The Hall–Kier alpha value is -1.76. The highest BCUT2D eigenvalue weighted by molar-refractivity contribution is 5.27. The lowest BCUT2D eigenvalue weighted by atomic mass is 10.1. The molecule has 87 valence electrons. The normalized spacial score (nSPS) is 10.2. The molecule has 1 nitrogen and oxygen atoms in total. The van der Waals surface area contributed by atoms with E-state index < -0.39 is 0 Å². The monoisotopic (exact) mass is 225 g/mol. The molecule has 2 aromatic carbocycles. The molecular weight excluding hydrogens is 208 g/mol. The van der Waals surface area contributed by atoms with Crippen LogP contribution in [-0.4, -0.2) is 0 Å². The second-order valence-electron chi connectivity index (χ2n) is 4.02. The minimum atomic E-state index is 0.621. The van der Waals surface area contributed by atoms with Crippen LogP contribution < -0.4 is 4.74 Å². The number of ether oxygens (including phenoxy) is 1. The molecule has 0 saturated carbocycles. The van der Waals surface area contributed by atoms with Gasteiger partial charge in [-0.3, -0.25) is 0 Å². The van der Waals surface area contributed by atoms with Gasteiger partial charge in [-0.15, -0.1) is 0 Å². The number of rotatable bonds is 5. The third-order valence-electron chi connectivity index (χ3n) is 2.64. The van der Waals surface area contributed by atoms with Crippen molar-refractivity contribution in [2.45, 2.75) is 19.4 Å². The first-order valence-corrected chi connectivity index (χ1v) is 5.93. The van der Waals surface area contributed by atoms with Gasteiger partial charge in [0.1, 0.15) is 12.4 Å². The molecular formula is C16H17O. The molecule has 0 saturated heterocycles. The molecule has 17 heavy (non-hydrogen) atoms. The highest BCUT2D eigenvalue weighted by atomic mass is 16.5. The van der Waals surface area contributed by atoms with E-state index >= 15 is 0 Å². The zero-order valence-corrected chi connectivity index (χ0v) is 9.93. The predicted octanol–water partition coefficient (Wildman–Crippen LogP) is 4.03. The second kappa shape index (κ2) is 6.09. The molecule has 0 unspecified atom stereocenters. The molecule has 1 heteroatoms. The molecule has 0 aromatic heterocycles. The third-order valence-corrected chi connectivity index (χ3v) is 2.64. The van der Waals surface area contributed by atoms with E-state index in [1.807, 2.05) is 30.3 Å². The van der Waals surface area contributed by atoms with Crippen LogP contribution in [0.15, 0.2) is 54.6 Å². The van der Waals surface area contributed by atoms with Crippen LogP contribution >= 0.6 is 0 Å².